The average molecular weight is 349 g/mol. The second-order valence-electron chi connectivity index (χ2n) is 6.15. The smallest absolute Gasteiger partial charge is 0.263 e. The van der Waals surface area contributed by atoms with Crippen molar-refractivity contribution in [3.8, 4) is 5.75 Å². The van der Waals surface area contributed by atoms with Gasteiger partial charge >= 0.3 is 0 Å². The second-order valence-corrected chi connectivity index (χ2v) is 6.15. The zero-order chi connectivity index (χ0) is 18.4. The van der Waals surface area contributed by atoms with Gasteiger partial charge in [0.25, 0.3) is 5.91 Å². The van der Waals surface area contributed by atoms with Gasteiger partial charge in [-0.2, -0.15) is 5.10 Å². The number of anilines is 1. The quantitative estimate of drug-likeness (QED) is 0.705. The van der Waals surface area contributed by atoms with Gasteiger partial charge in [-0.3, -0.25) is 4.79 Å². The van der Waals surface area contributed by atoms with Crippen LogP contribution < -0.4 is 10.1 Å². The minimum atomic E-state index is -0.209. The number of aromatic nitrogens is 2. The molecule has 0 atom stereocenters. The normalized spacial score (nSPS) is 10.5. The van der Waals surface area contributed by atoms with Crippen LogP contribution in [-0.4, -0.2) is 22.3 Å². The van der Waals surface area contributed by atoms with E-state index in [-0.39, 0.29) is 12.5 Å². The molecule has 0 aliphatic rings. The summed E-state index contributed by atoms with van der Waals surface area (Å²) >= 11 is 0. The molecule has 134 valence electrons. The van der Waals surface area contributed by atoms with Crippen LogP contribution in [0.4, 0.5) is 5.82 Å². The van der Waals surface area contributed by atoms with Crippen LogP contribution in [0, 0.1) is 6.92 Å². The summed E-state index contributed by atoms with van der Waals surface area (Å²) in [6, 6.07) is 19.7. The first-order valence-corrected chi connectivity index (χ1v) is 8.74. The number of hydrogen-bond donors (Lipinski definition) is 1. The topological polar surface area (TPSA) is 56.1 Å². The van der Waals surface area contributed by atoms with E-state index in [0.717, 1.165) is 17.7 Å². The fourth-order valence-corrected chi connectivity index (χ4v) is 2.67. The van der Waals surface area contributed by atoms with Gasteiger partial charge in [0.2, 0.25) is 0 Å². The van der Waals surface area contributed by atoms with Crippen LogP contribution in [0.1, 0.15) is 23.7 Å². The number of ether oxygens (including phenoxy) is 1. The van der Waals surface area contributed by atoms with Crippen molar-refractivity contribution >= 4 is 11.7 Å². The van der Waals surface area contributed by atoms with Crippen molar-refractivity contribution in [3.05, 3.63) is 77.5 Å². The molecule has 1 aromatic heterocycles. The summed E-state index contributed by atoms with van der Waals surface area (Å²) < 4.78 is 7.35. The number of benzene rings is 2. The Hall–Kier alpha value is -3.08. The Morgan fingerprint density at radius 3 is 2.50 bits per heavy atom. The number of carbonyl (C=O) groups excluding carboxylic acids is 1. The molecule has 1 N–H and O–H groups in total. The Balaban J connectivity index is 1.60. The predicted octanol–water partition coefficient (Wildman–Crippen LogP) is 3.82. The molecule has 5 heteroatoms. The zero-order valence-electron chi connectivity index (χ0n) is 15.1. The number of aryl methyl sites for hydroxylation is 2. The van der Waals surface area contributed by atoms with Gasteiger partial charge in [-0.25, -0.2) is 4.68 Å². The molecule has 3 aromatic rings. The molecule has 0 radical (unpaired) electrons. The number of rotatable bonds is 7. The fourth-order valence-electron chi connectivity index (χ4n) is 2.67. The van der Waals surface area contributed by atoms with E-state index in [1.807, 2.05) is 67.6 Å². The SMILES string of the molecule is CCc1ccc(OCC(=O)Nc2cc(C)nn2Cc2ccccc2)cc1. The lowest BCUT2D eigenvalue weighted by atomic mass is 10.2. The van der Waals surface area contributed by atoms with Gasteiger partial charge < -0.3 is 10.1 Å². The molecular formula is C21H23N3O2. The summed E-state index contributed by atoms with van der Waals surface area (Å²) in [5.74, 6) is 1.14. The van der Waals surface area contributed by atoms with E-state index in [0.29, 0.717) is 18.1 Å². The standard InChI is InChI=1S/C21H23N3O2/c1-3-17-9-11-19(12-10-17)26-15-21(25)22-20-13-16(2)23-24(20)14-18-7-5-4-6-8-18/h4-13H,3,14-15H2,1-2H3,(H,22,25). The van der Waals surface area contributed by atoms with Gasteiger partial charge in [0.15, 0.2) is 6.61 Å². The van der Waals surface area contributed by atoms with Crippen molar-refractivity contribution in [2.24, 2.45) is 0 Å². The molecule has 0 aliphatic heterocycles. The maximum Gasteiger partial charge on any atom is 0.263 e. The van der Waals surface area contributed by atoms with Crippen molar-refractivity contribution in [2.75, 3.05) is 11.9 Å². The average Bonchev–Trinajstić information content (AvgIpc) is 3.00. The summed E-state index contributed by atoms with van der Waals surface area (Å²) in [6.45, 7) is 4.57. The molecule has 1 amide bonds. The first-order chi connectivity index (χ1) is 12.6. The van der Waals surface area contributed by atoms with Crippen LogP contribution in [-0.2, 0) is 17.8 Å². The van der Waals surface area contributed by atoms with E-state index in [9.17, 15) is 4.79 Å². The van der Waals surface area contributed by atoms with Gasteiger partial charge in [0.1, 0.15) is 11.6 Å². The Bertz CT molecular complexity index is 855. The zero-order valence-corrected chi connectivity index (χ0v) is 15.1. The Labute approximate surface area is 153 Å². The van der Waals surface area contributed by atoms with Crippen LogP contribution in [0.25, 0.3) is 0 Å². The molecule has 0 saturated heterocycles. The number of carbonyl (C=O) groups is 1. The first kappa shape index (κ1) is 17.7. The van der Waals surface area contributed by atoms with Crippen molar-refractivity contribution in [1.29, 1.82) is 0 Å². The number of nitrogens with zero attached hydrogens (tertiary/aromatic N) is 2. The lowest BCUT2D eigenvalue weighted by Gasteiger charge is -2.10. The van der Waals surface area contributed by atoms with Gasteiger partial charge in [-0.1, -0.05) is 49.4 Å². The number of nitrogens with one attached hydrogen (secondary N) is 1. The largest absolute Gasteiger partial charge is 0.484 e. The van der Waals surface area contributed by atoms with Crippen molar-refractivity contribution in [3.63, 3.8) is 0 Å². The Morgan fingerprint density at radius 2 is 1.81 bits per heavy atom. The van der Waals surface area contributed by atoms with Crippen molar-refractivity contribution in [1.82, 2.24) is 9.78 Å². The highest BCUT2D eigenvalue weighted by Gasteiger charge is 2.10. The minimum absolute atomic E-state index is 0.0406. The molecule has 2 aromatic carbocycles. The summed E-state index contributed by atoms with van der Waals surface area (Å²) in [7, 11) is 0. The molecule has 26 heavy (non-hydrogen) atoms. The van der Waals surface area contributed by atoms with E-state index in [1.54, 1.807) is 4.68 Å². The molecule has 0 fully saturated rings. The monoisotopic (exact) mass is 349 g/mol. The highest BCUT2D eigenvalue weighted by atomic mass is 16.5. The summed E-state index contributed by atoms with van der Waals surface area (Å²) in [6.07, 6.45) is 0.978. The van der Waals surface area contributed by atoms with Crippen molar-refractivity contribution < 1.29 is 9.53 Å². The van der Waals surface area contributed by atoms with Gasteiger partial charge in [0, 0.05) is 6.07 Å². The van der Waals surface area contributed by atoms with Gasteiger partial charge in [-0.05, 0) is 36.6 Å². The third kappa shape index (κ3) is 4.72. The molecule has 1 heterocycles. The Kier molecular flexibility index (Phi) is 5.69. The lowest BCUT2D eigenvalue weighted by molar-refractivity contribution is -0.118. The highest BCUT2D eigenvalue weighted by Crippen LogP contribution is 2.15. The molecular weight excluding hydrogens is 326 g/mol. The van der Waals surface area contributed by atoms with Crippen LogP contribution in [0.2, 0.25) is 0 Å². The van der Waals surface area contributed by atoms with E-state index in [1.165, 1.54) is 5.56 Å². The Morgan fingerprint density at radius 1 is 1.08 bits per heavy atom. The third-order valence-electron chi connectivity index (χ3n) is 4.05. The van der Waals surface area contributed by atoms with Gasteiger partial charge in [-0.15, -0.1) is 0 Å². The molecule has 5 nitrogen and oxygen atoms in total. The fraction of sp³-hybridized carbons (Fsp3) is 0.238. The number of amides is 1. The molecule has 0 aliphatic carbocycles. The highest BCUT2D eigenvalue weighted by molar-refractivity contribution is 5.91. The molecule has 0 unspecified atom stereocenters. The third-order valence-corrected chi connectivity index (χ3v) is 4.05. The molecule has 3 rings (SSSR count). The van der Waals surface area contributed by atoms with Crippen LogP contribution in [0.15, 0.2) is 60.7 Å². The van der Waals surface area contributed by atoms with Gasteiger partial charge in [0.05, 0.1) is 12.2 Å². The summed E-state index contributed by atoms with van der Waals surface area (Å²) in [4.78, 5) is 12.2. The second kappa shape index (κ2) is 8.34. The predicted molar refractivity (Wildman–Crippen MR) is 102 cm³/mol. The first-order valence-electron chi connectivity index (χ1n) is 8.74. The molecule has 0 saturated carbocycles. The van der Waals surface area contributed by atoms with Crippen LogP contribution in [0.5, 0.6) is 5.75 Å². The minimum Gasteiger partial charge on any atom is -0.484 e. The molecule has 0 bridgehead atoms. The lowest BCUT2D eigenvalue weighted by Crippen LogP contribution is -2.22. The van der Waals surface area contributed by atoms with Crippen molar-refractivity contribution in [2.45, 2.75) is 26.8 Å². The van der Waals surface area contributed by atoms with E-state index in [4.69, 9.17) is 4.74 Å². The summed E-state index contributed by atoms with van der Waals surface area (Å²) in [5.41, 5.74) is 3.22. The molecule has 0 spiro atoms. The maximum absolute atomic E-state index is 12.2. The maximum atomic E-state index is 12.2. The summed E-state index contributed by atoms with van der Waals surface area (Å²) in [5, 5.41) is 7.34. The number of hydrogen-bond acceptors (Lipinski definition) is 3. The van der Waals surface area contributed by atoms with E-state index >= 15 is 0 Å². The van der Waals surface area contributed by atoms with Crippen LogP contribution in [0.3, 0.4) is 0 Å². The van der Waals surface area contributed by atoms with E-state index < -0.39 is 0 Å². The van der Waals surface area contributed by atoms with E-state index in [2.05, 4.69) is 17.3 Å². The van der Waals surface area contributed by atoms with Crippen LogP contribution >= 0.6 is 0 Å².